The SMILES string of the molecule is CNC(Cc1cc(F)cc(Br)c1)c1coc2ccccc12. The van der Waals surface area contributed by atoms with Gasteiger partial charge in [0.2, 0.25) is 0 Å². The third kappa shape index (κ3) is 3.01. The number of rotatable bonds is 4. The summed E-state index contributed by atoms with van der Waals surface area (Å²) >= 11 is 3.33. The lowest BCUT2D eigenvalue weighted by atomic mass is 9.98. The lowest BCUT2D eigenvalue weighted by Crippen LogP contribution is -2.18. The van der Waals surface area contributed by atoms with Crippen LogP contribution in [-0.2, 0) is 6.42 Å². The van der Waals surface area contributed by atoms with Crippen LogP contribution in [0.2, 0.25) is 0 Å². The molecular formula is C17H15BrFNO. The van der Waals surface area contributed by atoms with Crippen LogP contribution in [0.1, 0.15) is 17.2 Å². The van der Waals surface area contributed by atoms with Crippen molar-refractivity contribution in [2.24, 2.45) is 0 Å². The van der Waals surface area contributed by atoms with E-state index in [0.29, 0.717) is 6.42 Å². The molecule has 0 saturated heterocycles. The Balaban J connectivity index is 1.95. The third-order valence-corrected chi connectivity index (χ3v) is 4.05. The molecule has 0 bridgehead atoms. The first kappa shape index (κ1) is 14.3. The average Bonchev–Trinajstić information content (AvgIpc) is 2.87. The van der Waals surface area contributed by atoms with Crippen LogP contribution in [0.25, 0.3) is 11.0 Å². The summed E-state index contributed by atoms with van der Waals surface area (Å²) in [4.78, 5) is 0. The zero-order valence-corrected chi connectivity index (χ0v) is 13.2. The highest BCUT2D eigenvalue weighted by Crippen LogP contribution is 2.29. The summed E-state index contributed by atoms with van der Waals surface area (Å²) in [6.45, 7) is 0. The highest BCUT2D eigenvalue weighted by atomic mass is 79.9. The summed E-state index contributed by atoms with van der Waals surface area (Å²) in [5.74, 6) is -0.230. The third-order valence-electron chi connectivity index (χ3n) is 3.60. The molecule has 1 atom stereocenters. The molecule has 21 heavy (non-hydrogen) atoms. The smallest absolute Gasteiger partial charge is 0.134 e. The van der Waals surface area contributed by atoms with Gasteiger partial charge in [0.15, 0.2) is 0 Å². The van der Waals surface area contributed by atoms with Crippen molar-refractivity contribution < 1.29 is 8.81 Å². The van der Waals surface area contributed by atoms with Gasteiger partial charge in [-0.3, -0.25) is 0 Å². The zero-order chi connectivity index (χ0) is 14.8. The van der Waals surface area contributed by atoms with E-state index >= 15 is 0 Å². The van der Waals surface area contributed by atoms with Crippen LogP contribution in [0, 0.1) is 5.82 Å². The van der Waals surface area contributed by atoms with E-state index < -0.39 is 0 Å². The first-order valence-electron chi connectivity index (χ1n) is 6.76. The van der Waals surface area contributed by atoms with Gasteiger partial charge < -0.3 is 9.73 Å². The Morgan fingerprint density at radius 2 is 2.05 bits per heavy atom. The van der Waals surface area contributed by atoms with Crippen LogP contribution >= 0.6 is 15.9 Å². The van der Waals surface area contributed by atoms with Gasteiger partial charge in [-0.1, -0.05) is 34.1 Å². The summed E-state index contributed by atoms with van der Waals surface area (Å²) < 4.78 is 19.9. The van der Waals surface area contributed by atoms with E-state index in [1.165, 1.54) is 6.07 Å². The normalized spacial score (nSPS) is 12.7. The van der Waals surface area contributed by atoms with Crippen molar-refractivity contribution in [2.75, 3.05) is 7.05 Å². The predicted octanol–water partition coefficient (Wildman–Crippen LogP) is 4.84. The van der Waals surface area contributed by atoms with Gasteiger partial charge in [0.25, 0.3) is 0 Å². The molecule has 0 aliphatic heterocycles. The Kier molecular flexibility index (Phi) is 4.08. The summed E-state index contributed by atoms with van der Waals surface area (Å²) in [7, 11) is 1.90. The Labute approximate surface area is 131 Å². The lowest BCUT2D eigenvalue weighted by molar-refractivity contribution is 0.560. The summed E-state index contributed by atoms with van der Waals surface area (Å²) in [6, 6.07) is 13.0. The molecule has 2 nitrogen and oxygen atoms in total. The maximum absolute atomic E-state index is 13.5. The summed E-state index contributed by atoms with van der Waals surface area (Å²) in [5.41, 5.74) is 2.90. The molecule has 1 heterocycles. The van der Waals surface area contributed by atoms with Gasteiger partial charge in [-0.2, -0.15) is 0 Å². The maximum Gasteiger partial charge on any atom is 0.134 e. The molecule has 0 amide bonds. The number of hydrogen-bond acceptors (Lipinski definition) is 2. The molecular weight excluding hydrogens is 333 g/mol. The number of hydrogen-bond donors (Lipinski definition) is 1. The van der Waals surface area contributed by atoms with E-state index in [9.17, 15) is 4.39 Å². The Morgan fingerprint density at radius 3 is 2.81 bits per heavy atom. The Bertz CT molecular complexity index is 748. The second-order valence-corrected chi connectivity index (χ2v) is 5.93. The number of likely N-dealkylation sites (N-methyl/N-ethyl adjacent to an activating group) is 1. The fourth-order valence-electron chi connectivity index (χ4n) is 2.60. The number of halogens is 2. The van der Waals surface area contributed by atoms with E-state index in [1.807, 2.05) is 37.4 Å². The van der Waals surface area contributed by atoms with E-state index in [0.717, 1.165) is 26.6 Å². The van der Waals surface area contributed by atoms with Crippen molar-refractivity contribution in [1.82, 2.24) is 5.32 Å². The van der Waals surface area contributed by atoms with Crippen molar-refractivity contribution in [1.29, 1.82) is 0 Å². The molecule has 0 fully saturated rings. The van der Waals surface area contributed by atoms with Gasteiger partial charge in [0.1, 0.15) is 11.4 Å². The van der Waals surface area contributed by atoms with Gasteiger partial charge in [0, 0.05) is 21.5 Å². The quantitative estimate of drug-likeness (QED) is 0.730. The molecule has 1 N–H and O–H groups in total. The second kappa shape index (κ2) is 6.00. The minimum Gasteiger partial charge on any atom is -0.464 e. The number of fused-ring (bicyclic) bond motifs is 1. The molecule has 0 radical (unpaired) electrons. The van der Waals surface area contributed by atoms with E-state index in [-0.39, 0.29) is 11.9 Å². The highest BCUT2D eigenvalue weighted by Gasteiger charge is 2.16. The number of furan rings is 1. The van der Waals surface area contributed by atoms with Gasteiger partial charge >= 0.3 is 0 Å². The van der Waals surface area contributed by atoms with Crippen molar-refractivity contribution in [3.8, 4) is 0 Å². The molecule has 1 unspecified atom stereocenters. The van der Waals surface area contributed by atoms with Crippen LogP contribution in [0.15, 0.2) is 57.6 Å². The zero-order valence-electron chi connectivity index (χ0n) is 11.6. The van der Waals surface area contributed by atoms with Crippen molar-refractivity contribution in [3.05, 3.63) is 70.1 Å². The molecule has 3 rings (SSSR count). The number of nitrogens with one attached hydrogen (secondary N) is 1. The van der Waals surface area contributed by atoms with E-state index in [4.69, 9.17) is 4.42 Å². The van der Waals surface area contributed by atoms with Gasteiger partial charge in [-0.05, 0) is 43.3 Å². The van der Waals surface area contributed by atoms with Crippen molar-refractivity contribution in [3.63, 3.8) is 0 Å². The van der Waals surface area contributed by atoms with Gasteiger partial charge in [0.05, 0.1) is 6.26 Å². The van der Waals surface area contributed by atoms with Crippen LogP contribution in [0.4, 0.5) is 4.39 Å². The molecule has 108 valence electrons. The summed E-state index contributed by atoms with van der Waals surface area (Å²) in [6.07, 6.45) is 2.47. The molecule has 0 aliphatic carbocycles. The molecule has 4 heteroatoms. The first-order valence-corrected chi connectivity index (χ1v) is 7.55. The summed E-state index contributed by atoms with van der Waals surface area (Å²) in [5, 5.41) is 4.38. The van der Waals surface area contributed by atoms with E-state index in [1.54, 1.807) is 12.3 Å². The van der Waals surface area contributed by atoms with Crippen LogP contribution < -0.4 is 5.32 Å². The molecule has 1 aromatic heterocycles. The monoisotopic (exact) mass is 347 g/mol. The minimum absolute atomic E-state index is 0.0716. The maximum atomic E-state index is 13.5. The van der Waals surface area contributed by atoms with Crippen LogP contribution in [0.3, 0.4) is 0 Å². The predicted molar refractivity (Wildman–Crippen MR) is 85.8 cm³/mol. The molecule has 0 saturated carbocycles. The van der Waals surface area contributed by atoms with E-state index in [2.05, 4.69) is 21.2 Å². The van der Waals surface area contributed by atoms with Crippen LogP contribution in [0.5, 0.6) is 0 Å². The van der Waals surface area contributed by atoms with Crippen molar-refractivity contribution in [2.45, 2.75) is 12.5 Å². The van der Waals surface area contributed by atoms with Gasteiger partial charge in [-0.15, -0.1) is 0 Å². The molecule has 0 aliphatic rings. The fraction of sp³-hybridized carbons (Fsp3) is 0.176. The standard InChI is InChI=1S/C17H15BrFNO/c1-20-16(8-11-6-12(18)9-13(19)7-11)15-10-21-17-5-3-2-4-14(15)17/h2-7,9-10,16,20H,8H2,1H3. The second-order valence-electron chi connectivity index (χ2n) is 5.01. The molecule has 2 aromatic carbocycles. The van der Waals surface area contributed by atoms with Crippen molar-refractivity contribution >= 4 is 26.9 Å². The fourth-order valence-corrected chi connectivity index (χ4v) is 3.11. The Morgan fingerprint density at radius 1 is 1.24 bits per heavy atom. The Hall–Kier alpha value is -1.65. The topological polar surface area (TPSA) is 25.2 Å². The molecule has 0 spiro atoms. The number of benzene rings is 2. The minimum atomic E-state index is -0.230. The highest BCUT2D eigenvalue weighted by molar-refractivity contribution is 9.10. The first-order chi connectivity index (χ1) is 10.2. The van der Waals surface area contributed by atoms with Crippen LogP contribution in [-0.4, -0.2) is 7.05 Å². The average molecular weight is 348 g/mol. The largest absolute Gasteiger partial charge is 0.464 e. The lowest BCUT2D eigenvalue weighted by Gasteiger charge is -2.15. The number of para-hydroxylation sites is 1. The van der Waals surface area contributed by atoms with Gasteiger partial charge in [-0.25, -0.2) is 4.39 Å². The molecule has 3 aromatic rings.